The lowest BCUT2D eigenvalue weighted by Gasteiger charge is -2.07. The quantitative estimate of drug-likeness (QED) is 0.522. The highest BCUT2D eigenvalue weighted by Crippen LogP contribution is 2.27. The third-order valence-electron chi connectivity index (χ3n) is 3.08. The molecule has 0 bridgehead atoms. The molecule has 4 N–H and O–H groups in total. The number of nitrogens with zero attached hydrogens (tertiary/aromatic N) is 1. The van der Waals surface area contributed by atoms with Gasteiger partial charge in [-0.25, -0.2) is 10.5 Å². The first-order chi connectivity index (χ1) is 12.0. The summed E-state index contributed by atoms with van der Waals surface area (Å²) in [7, 11) is 1.40. The number of hydroxylamine groups is 1. The third kappa shape index (κ3) is 5.30. The molecule has 2 aromatic heterocycles. The first kappa shape index (κ1) is 18.4. The molecule has 0 atom stereocenters. The van der Waals surface area contributed by atoms with Crippen molar-refractivity contribution in [2.24, 2.45) is 5.73 Å². The third-order valence-corrected chi connectivity index (χ3v) is 4.18. The smallest absolute Gasteiger partial charge is 0.284 e. The Morgan fingerprint density at radius 3 is 2.88 bits per heavy atom. The second-order valence-corrected chi connectivity index (χ2v) is 6.19. The fourth-order valence-electron chi connectivity index (χ4n) is 2.06. The van der Waals surface area contributed by atoms with E-state index in [4.69, 9.17) is 5.73 Å². The van der Waals surface area contributed by atoms with Crippen LogP contribution in [0.1, 0.15) is 16.6 Å². The Labute approximate surface area is 150 Å². The number of carbonyl (C=O) groups excluding carboxylic acids is 1. The van der Waals surface area contributed by atoms with Crippen LogP contribution < -0.4 is 16.5 Å². The van der Waals surface area contributed by atoms with Crippen LogP contribution in [-0.4, -0.2) is 18.0 Å². The number of pyridine rings is 1. The average molecular weight is 356 g/mol. The van der Waals surface area contributed by atoms with Crippen LogP contribution in [0.3, 0.4) is 0 Å². The van der Waals surface area contributed by atoms with Crippen LogP contribution in [0, 0.1) is 0 Å². The maximum absolute atomic E-state index is 11.8. The minimum absolute atomic E-state index is 0.282. The van der Waals surface area contributed by atoms with E-state index >= 15 is 0 Å². The van der Waals surface area contributed by atoms with Crippen molar-refractivity contribution in [2.75, 3.05) is 12.4 Å². The van der Waals surface area contributed by atoms with Gasteiger partial charge in [0, 0.05) is 5.70 Å². The van der Waals surface area contributed by atoms with E-state index in [9.17, 15) is 4.79 Å². The number of amides is 1. The maximum atomic E-state index is 11.8. The van der Waals surface area contributed by atoms with Gasteiger partial charge in [-0.2, -0.15) is 0 Å². The van der Waals surface area contributed by atoms with Gasteiger partial charge < -0.3 is 11.1 Å². The molecule has 7 heteroatoms. The molecule has 0 aliphatic carbocycles. The van der Waals surface area contributed by atoms with Crippen LogP contribution in [0.15, 0.2) is 66.5 Å². The Morgan fingerprint density at radius 2 is 2.16 bits per heavy atom. The molecule has 1 amide bonds. The van der Waals surface area contributed by atoms with E-state index in [-0.39, 0.29) is 5.91 Å². The number of anilines is 1. The van der Waals surface area contributed by atoms with Crippen LogP contribution >= 0.6 is 11.3 Å². The van der Waals surface area contributed by atoms with Crippen LogP contribution in [0.25, 0.3) is 10.6 Å². The topological polar surface area (TPSA) is 89.3 Å². The molecule has 0 unspecified atom stereocenters. The summed E-state index contributed by atoms with van der Waals surface area (Å²) in [6.45, 7) is 5.88. The SMILES string of the molecule is C=C(/C=C(C)\C=C/N)Nc1cccc(-c2ccc(C(=O)NOC)s2)n1. The van der Waals surface area contributed by atoms with E-state index < -0.39 is 0 Å². The molecule has 130 valence electrons. The van der Waals surface area contributed by atoms with Crippen LogP contribution in [-0.2, 0) is 4.84 Å². The predicted octanol–water partition coefficient (Wildman–Crippen LogP) is 3.45. The second-order valence-electron chi connectivity index (χ2n) is 5.10. The fourth-order valence-corrected chi connectivity index (χ4v) is 2.92. The molecule has 2 aromatic rings. The average Bonchev–Trinajstić information content (AvgIpc) is 3.05. The summed E-state index contributed by atoms with van der Waals surface area (Å²) in [6.07, 6.45) is 5.14. The molecule has 6 nitrogen and oxygen atoms in total. The van der Waals surface area contributed by atoms with Crippen LogP contribution in [0.4, 0.5) is 5.82 Å². The number of allylic oxidation sites excluding steroid dienone is 3. The molecule has 0 aliphatic heterocycles. The molecule has 25 heavy (non-hydrogen) atoms. The highest BCUT2D eigenvalue weighted by Gasteiger charge is 2.11. The first-order valence-electron chi connectivity index (χ1n) is 7.46. The van der Waals surface area contributed by atoms with E-state index in [1.54, 1.807) is 12.1 Å². The monoisotopic (exact) mass is 356 g/mol. The zero-order valence-corrected chi connectivity index (χ0v) is 14.9. The van der Waals surface area contributed by atoms with Gasteiger partial charge in [0.2, 0.25) is 0 Å². The highest BCUT2D eigenvalue weighted by molar-refractivity contribution is 7.17. The van der Waals surface area contributed by atoms with Crippen molar-refractivity contribution in [2.45, 2.75) is 6.92 Å². The molecular formula is C18H20N4O2S. The molecule has 0 saturated heterocycles. The Hall–Kier alpha value is -2.90. The number of aromatic nitrogens is 1. The number of rotatable bonds is 7. The molecule has 2 rings (SSSR count). The molecule has 0 fully saturated rings. The lowest BCUT2D eigenvalue weighted by molar-refractivity contribution is 0.0542. The van der Waals surface area contributed by atoms with Crippen molar-refractivity contribution < 1.29 is 9.63 Å². The van der Waals surface area contributed by atoms with Gasteiger partial charge in [0.1, 0.15) is 5.82 Å². The van der Waals surface area contributed by atoms with Crippen molar-refractivity contribution in [1.29, 1.82) is 0 Å². The van der Waals surface area contributed by atoms with Crippen molar-refractivity contribution in [3.8, 4) is 10.6 Å². The van der Waals surface area contributed by atoms with Crippen molar-refractivity contribution in [3.63, 3.8) is 0 Å². The Morgan fingerprint density at radius 1 is 1.36 bits per heavy atom. The van der Waals surface area contributed by atoms with Crippen molar-refractivity contribution in [3.05, 3.63) is 71.4 Å². The molecule has 0 aliphatic rings. The summed E-state index contributed by atoms with van der Waals surface area (Å²) in [5.41, 5.74) is 10.1. The summed E-state index contributed by atoms with van der Waals surface area (Å²) in [6, 6.07) is 9.22. The number of nitrogens with two attached hydrogens (primary N) is 1. The van der Waals surface area contributed by atoms with Gasteiger partial charge in [-0.05, 0) is 55.1 Å². The standard InChI is InChI=1S/C18H20N4O2S/c1-12(9-10-19)11-13(2)20-17-6-4-5-14(21-17)15-7-8-16(25-15)18(23)22-24-3/h4-11H,2,19H2,1,3H3,(H,20,21)(H,22,23)/b10-9-,12-11-. The van der Waals surface area contributed by atoms with Crippen molar-refractivity contribution >= 4 is 23.1 Å². The summed E-state index contributed by atoms with van der Waals surface area (Å²) in [5.74, 6) is 0.384. The highest BCUT2D eigenvalue weighted by atomic mass is 32.1. The largest absolute Gasteiger partial charge is 0.405 e. The minimum atomic E-state index is -0.282. The van der Waals surface area contributed by atoms with E-state index in [0.29, 0.717) is 16.4 Å². The van der Waals surface area contributed by atoms with E-state index in [1.165, 1.54) is 24.6 Å². The molecular weight excluding hydrogens is 336 g/mol. The summed E-state index contributed by atoms with van der Waals surface area (Å²) < 4.78 is 0. The van der Waals surface area contributed by atoms with Gasteiger partial charge in [0.15, 0.2) is 0 Å². The molecule has 2 heterocycles. The lowest BCUT2D eigenvalue weighted by atomic mass is 10.2. The number of nitrogens with one attached hydrogen (secondary N) is 2. The predicted molar refractivity (Wildman–Crippen MR) is 102 cm³/mol. The van der Waals surface area contributed by atoms with Gasteiger partial charge in [0.25, 0.3) is 5.91 Å². The van der Waals surface area contributed by atoms with E-state index in [2.05, 4.69) is 27.2 Å². The lowest BCUT2D eigenvalue weighted by Crippen LogP contribution is -2.20. The van der Waals surface area contributed by atoms with Crippen molar-refractivity contribution in [1.82, 2.24) is 10.5 Å². The normalized spacial score (nSPS) is 11.5. The van der Waals surface area contributed by atoms with Crippen LogP contribution in [0.5, 0.6) is 0 Å². The molecule has 0 saturated carbocycles. The fraction of sp³-hybridized carbons (Fsp3) is 0.111. The van der Waals surface area contributed by atoms with Gasteiger partial charge in [-0.15, -0.1) is 11.3 Å². The Kier molecular flexibility index (Phi) is 6.50. The number of hydrogen-bond donors (Lipinski definition) is 3. The zero-order valence-electron chi connectivity index (χ0n) is 14.1. The Balaban J connectivity index is 2.15. The number of hydrogen-bond acceptors (Lipinski definition) is 6. The summed E-state index contributed by atoms with van der Waals surface area (Å²) >= 11 is 1.34. The van der Waals surface area contributed by atoms with Gasteiger partial charge in [-0.3, -0.25) is 9.63 Å². The maximum Gasteiger partial charge on any atom is 0.284 e. The first-order valence-corrected chi connectivity index (χ1v) is 8.28. The molecule has 0 spiro atoms. The van der Waals surface area contributed by atoms with Gasteiger partial charge >= 0.3 is 0 Å². The van der Waals surface area contributed by atoms with Gasteiger partial charge in [-0.1, -0.05) is 12.6 Å². The van der Waals surface area contributed by atoms with Gasteiger partial charge in [0.05, 0.1) is 22.6 Å². The van der Waals surface area contributed by atoms with E-state index in [0.717, 1.165) is 16.1 Å². The second kappa shape index (κ2) is 8.81. The number of thiophene rings is 1. The number of carbonyl (C=O) groups is 1. The minimum Gasteiger partial charge on any atom is -0.405 e. The zero-order chi connectivity index (χ0) is 18.2. The van der Waals surface area contributed by atoms with E-state index in [1.807, 2.05) is 37.3 Å². The molecule has 0 radical (unpaired) electrons. The summed E-state index contributed by atoms with van der Waals surface area (Å²) in [4.78, 5) is 22.4. The summed E-state index contributed by atoms with van der Waals surface area (Å²) in [5, 5.41) is 3.14. The molecule has 0 aromatic carbocycles. The Bertz CT molecular complexity index is 824. The van der Waals surface area contributed by atoms with Crippen LogP contribution in [0.2, 0.25) is 0 Å².